The minimum atomic E-state index is -4.22. The number of amides is 2. The first-order chi connectivity index (χ1) is 20.8. The van der Waals surface area contributed by atoms with Gasteiger partial charge in [-0.1, -0.05) is 72.6 Å². The van der Waals surface area contributed by atoms with Gasteiger partial charge in [-0.25, -0.2) is 0 Å². The predicted molar refractivity (Wildman–Crippen MR) is 173 cm³/mol. The van der Waals surface area contributed by atoms with E-state index in [9.17, 15) is 22.8 Å². The van der Waals surface area contributed by atoms with Gasteiger partial charge in [0.25, 0.3) is 10.2 Å². The fraction of sp³-hybridized carbons (Fsp3) is 0.909. The van der Waals surface area contributed by atoms with Gasteiger partial charge in [0, 0.05) is 19.0 Å². The Balaban J connectivity index is 1.62. The molecule has 0 aromatic heterocycles. The Kier molecular flexibility index (Phi) is 14.0. The van der Waals surface area contributed by atoms with E-state index in [-0.39, 0.29) is 47.6 Å². The van der Waals surface area contributed by atoms with Crippen molar-refractivity contribution >= 4 is 28.0 Å². The predicted octanol–water partition coefficient (Wildman–Crippen LogP) is 4.88. The van der Waals surface area contributed by atoms with E-state index in [0.29, 0.717) is 38.1 Å². The van der Waals surface area contributed by atoms with Crippen molar-refractivity contribution in [1.82, 2.24) is 20.1 Å². The summed E-state index contributed by atoms with van der Waals surface area (Å²) in [5.41, 5.74) is 0.0966. The first-order valence-corrected chi connectivity index (χ1v) is 18.8. The van der Waals surface area contributed by atoms with E-state index in [1.54, 1.807) is 6.92 Å². The molecule has 11 heteroatoms. The lowest BCUT2D eigenvalue weighted by molar-refractivity contribution is -0.145. The van der Waals surface area contributed by atoms with Crippen LogP contribution in [-0.4, -0.2) is 57.5 Å². The summed E-state index contributed by atoms with van der Waals surface area (Å²) >= 11 is 0. The Bertz CT molecular complexity index is 1060. The van der Waals surface area contributed by atoms with Crippen molar-refractivity contribution in [3.8, 4) is 0 Å². The van der Waals surface area contributed by atoms with Crippen LogP contribution in [0.3, 0.4) is 0 Å². The van der Waals surface area contributed by atoms with Crippen molar-refractivity contribution < 1.29 is 27.5 Å². The second-order valence-electron chi connectivity index (χ2n) is 14.3. The minimum absolute atomic E-state index is 0.00878. The van der Waals surface area contributed by atoms with Gasteiger partial charge in [-0.3, -0.25) is 14.4 Å². The van der Waals surface area contributed by atoms with Crippen molar-refractivity contribution in [2.24, 2.45) is 22.7 Å². The first kappa shape index (κ1) is 36.7. The van der Waals surface area contributed by atoms with Crippen molar-refractivity contribution in [3.05, 3.63) is 0 Å². The van der Waals surface area contributed by atoms with Crippen molar-refractivity contribution in [3.63, 3.8) is 0 Å². The van der Waals surface area contributed by atoms with Crippen molar-refractivity contribution in [2.45, 2.75) is 155 Å². The maximum Gasteiger partial charge on any atom is 0.324 e. The van der Waals surface area contributed by atoms with Crippen LogP contribution in [0.25, 0.3) is 0 Å². The van der Waals surface area contributed by atoms with Crippen LogP contribution in [0.5, 0.6) is 0 Å². The molecule has 2 amide bonds. The second kappa shape index (κ2) is 16.7. The molecule has 4 N–H and O–H groups in total. The Morgan fingerprint density at radius 1 is 0.909 bits per heavy atom. The lowest BCUT2D eigenvalue weighted by Crippen LogP contribution is -2.57. The third-order valence-corrected chi connectivity index (χ3v) is 12.3. The molecule has 0 radical (unpaired) electrons. The van der Waals surface area contributed by atoms with Crippen LogP contribution in [0.15, 0.2) is 0 Å². The van der Waals surface area contributed by atoms with Gasteiger partial charge in [-0.2, -0.15) is 17.9 Å². The summed E-state index contributed by atoms with van der Waals surface area (Å²) in [5, 5.41) is 6.16. The van der Waals surface area contributed by atoms with Gasteiger partial charge >= 0.3 is 5.97 Å². The Labute approximate surface area is 266 Å². The molecule has 0 aliphatic heterocycles. The lowest BCUT2D eigenvalue weighted by atomic mass is 9.69. The van der Waals surface area contributed by atoms with Crippen LogP contribution in [0, 0.1) is 22.7 Å². The standard InChI is InChI=1S/C33H60N4O6S/c1-6-8-10-18-29(38)34-21-14-13-17-26(31(40)43-7-2)36-44(41,42)37-27(22-24-15-11-9-12-16-24)30(39)35-28-23-25-19-20-33(28,5)32(25,3)4/h24-28,36-37H,6-23H2,1-5H3,(H,34,38)(H,35,39)/t25-,26+,27+,28+,33+/m1/s1. The molecule has 0 aromatic rings. The molecule has 0 spiro atoms. The molecule has 0 saturated heterocycles. The number of rotatable bonds is 19. The van der Waals surface area contributed by atoms with E-state index in [1.807, 2.05) is 0 Å². The molecule has 3 fully saturated rings. The summed E-state index contributed by atoms with van der Waals surface area (Å²) in [5.74, 6) is -0.0969. The van der Waals surface area contributed by atoms with Crippen LogP contribution in [0.4, 0.5) is 0 Å². The SMILES string of the molecule is CCCCCC(=O)NCCCC[C@H](NS(=O)(=O)N[C@@H](CC1CCCCC1)C(=O)N[C@H]1C[C@H]2CC[C@]1(C)C2(C)C)C(=O)OCC. The monoisotopic (exact) mass is 640 g/mol. The molecule has 10 nitrogen and oxygen atoms in total. The number of esters is 1. The number of hydrogen-bond donors (Lipinski definition) is 4. The zero-order chi connectivity index (χ0) is 32.4. The molecule has 3 aliphatic rings. The molecular weight excluding hydrogens is 580 g/mol. The van der Waals surface area contributed by atoms with Gasteiger partial charge in [0.15, 0.2) is 0 Å². The molecule has 44 heavy (non-hydrogen) atoms. The molecule has 0 heterocycles. The van der Waals surface area contributed by atoms with E-state index in [0.717, 1.165) is 57.8 Å². The zero-order valence-corrected chi connectivity index (χ0v) is 28.8. The number of fused-ring (bicyclic) bond motifs is 2. The van der Waals surface area contributed by atoms with Crippen LogP contribution >= 0.6 is 0 Å². The summed E-state index contributed by atoms with van der Waals surface area (Å²) in [6, 6.07) is -2.00. The summed E-state index contributed by atoms with van der Waals surface area (Å²) < 4.78 is 37.3. The molecule has 3 saturated carbocycles. The largest absolute Gasteiger partial charge is 0.465 e. The molecule has 2 bridgehead atoms. The number of hydrogen-bond acceptors (Lipinski definition) is 6. The highest BCUT2D eigenvalue weighted by molar-refractivity contribution is 7.87. The van der Waals surface area contributed by atoms with Crippen LogP contribution in [0.2, 0.25) is 0 Å². The zero-order valence-electron chi connectivity index (χ0n) is 28.0. The molecular formula is C33H60N4O6S. The number of carbonyl (C=O) groups is 3. The Hall–Kier alpha value is -1.72. The highest BCUT2D eigenvalue weighted by atomic mass is 32.2. The van der Waals surface area contributed by atoms with E-state index < -0.39 is 28.3 Å². The summed E-state index contributed by atoms with van der Waals surface area (Å²) in [4.78, 5) is 38.5. The van der Waals surface area contributed by atoms with Crippen molar-refractivity contribution in [1.29, 1.82) is 0 Å². The normalized spacial score (nSPS) is 26.2. The highest BCUT2D eigenvalue weighted by Gasteiger charge is 2.61. The third kappa shape index (κ3) is 9.89. The van der Waals surface area contributed by atoms with Crippen LogP contribution < -0.4 is 20.1 Å². The fourth-order valence-electron chi connectivity index (χ4n) is 7.86. The number of unbranched alkanes of at least 4 members (excludes halogenated alkanes) is 3. The summed E-state index contributed by atoms with van der Waals surface area (Å²) in [6.07, 6.45) is 13.7. The second-order valence-corrected chi connectivity index (χ2v) is 15.8. The Morgan fingerprint density at radius 2 is 1.61 bits per heavy atom. The summed E-state index contributed by atoms with van der Waals surface area (Å²) in [6.45, 7) is 11.2. The molecule has 254 valence electrons. The lowest BCUT2D eigenvalue weighted by Gasteiger charge is -2.40. The van der Waals surface area contributed by atoms with Crippen LogP contribution in [0.1, 0.15) is 137 Å². The maximum absolute atomic E-state index is 13.8. The van der Waals surface area contributed by atoms with Gasteiger partial charge in [0.2, 0.25) is 11.8 Å². The fourth-order valence-corrected chi connectivity index (χ4v) is 9.10. The molecule has 0 aromatic carbocycles. The summed E-state index contributed by atoms with van der Waals surface area (Å²) in [7, 11) is -4.22. The topological polar surface area (TPSA) is 143 Å². The smallest absolute Gasteiger partial charge is 0.324 e. The van der Waals surface area contributed by atoms with Gasteiger partial charge in [0.1, 0.15) is 12.1 Å². The molecule has 0 unspecified atom stereocenters. The highest BCUT2D eigenvalue weighted by Crippen LogP contribution is 2.65. The van der Waals surface area contributed by atoms with Crippen LogP contribution in [-0.2, 0) is 29.3 Å². The van der Waals surface area contributed by atoms with E-state index in [4.69, 9.17) is 4.74 Å². The Morgan fingerprint density at radius 3 is 2.23 bits per heavy atom. The van der Waals surface area contributed by atoms with E-state index in [2.05, 4.69) is 47.8 Å². The average Bonchev–Trinajstić information content (AvgIpc) is 3.30. The quantitative estimate of drug-likeness (QED) is 0.117. The molecule has 3 rings (SSSR count). The van der Waals surface area contributed by atoms with Gasteiger partial charge in [-0.05, 0) is 81.0 Å². The van der Waals surface area contributed by atoms with E-state index in [1.165, 1.54) is 12.8 Å². The maximum atomic E-state index is 13.8. The minimum Gasteiger partial charge on any atom is -0.465 e. The first-order valence-electron chi connectivity index (χ1n) is 17.4. The van der Waals surface area contributed by atoms with Gasteiger partial charge in [0.05, 0.1) is 6.61 Å². The number of nitrogens with one attached hydrogen (secondary N) is 4. The third-order valence-electron chi connectivity index (χ3n) is 11.1. The average molecular weight is 641 g/mol. The van der Waals surface area contributed by atoms with E-state index >= 15 is 0 Å². The molecule has 3 aliphatic carbocycles. The van der Waals surface area contributed by atoms with Gasteiger partial charge < -0.3 is 15.4 Å². The molecule has 5 atom stereocenters. The van der Waals surface area contributed by atoms with Gasteiger partial charge in [-0.15, -0.1) is 0 Å². The number of carbonyl (C=O) groups excluding carboxylic acids is 3. The number of ether oxygens (including phenoxy) is 1. The van der Waals surface area contributed by atoms with Crippen molar-refractivity contribution in [2.75, 3.05) is 13.2 Å².